The second-order valence-electron chi connectivity index (χ2n) is 1.98. The highest BCUT2D eigenvalue weighted by molar-refractivity contribution is 5.80. The summed E-state index contributed by atoms with van der Waals surface area (Å²) in [7, 11) is 0. The summed E-state index contributed by atoms with van der Waals surface area (Å²) >= 11 is 0. The molecule has 0 spiro atoms. The van der Waals surface area contributed by atoms with Gasteiger partial charge in [0.1, 0.15) is 0 Å². The van der Waals surface area contributed by atoms with E-state index in [1.54, 1.807) is 0 Å². The van der Waals surface area contributed by atoms with E-state index in [1.807, 2.05) is 5.48 Å². The van der Waals surface area contributed by atoms with Crippen LogP contribution in [0.1, 0.15) is 12.8 Å². The summed E-state index contributed by atoms with van der Waals surface area (Å²) in [6.07, 6.45) is -0.555. The Labute approximate surface area is 73.5 Å². The summed E-state index contributed by atoms with van der Waals surface area (Å²) in [5, 5.41) is 11.1. The fourth-order valence-corrected chi connectivity index (χ4v) is 0.396. The summed E-state index contributed by atoms with van der Waals surface area (Å²) in [5.74, 6) is 2.58. The molecule has 0 aliphatic heterocycles. The first kappa shape index (κ1) is 11.0. The van der Waals surface area contributed by atoms with Crippen LogP contribution in [0.2, 0.25) is 0 Å². The highest BCUT2D eigenvalue weighted by Gasteiger charge is 2.06. The zero-order valence-electron chi connectivity index (χ0n) is 6.69. The van der Waals surface area contributed by atoms with E-state index < -0.39 is 11.9 Å². The van der Waals surface area contributed by atoms with Crippen molar-refractivity contribution in [3.63, 3.8) is 0 Å². The highest BCUT2D eigenvalue weighted by atomic mass is 16.7. The zero-order chi connectivity index (χ0) is 10.3. The Morgan fingerprint density at radius 3 is 2.54 bits per heavy atom. The van der Waals surface area contributed by atoms with Gasteiger partial charge in [0, 0.05) is 0 Å². The van der Waals surface area contributed by atoms with Crippen LogP contribution in [0.15, 0.2) is 5.10 Å². The van der Waals surface area contributed by atoms with Crippen molar-refractivity contribution in [1.29, 1.82) is 0 Å². The third kappa shape index (κ3) is 6.41. The van der Waals surface area contributed by atoms with E-state index in [9.17, 15) is 9.59 Å². The van der Waals surface area contributed by atoms with Gasteiger partial charge in [-0.3, -0.25) is 4.79 Å². The van der Waals surface area contributed by atoms with Gasteiger partial charge in [-0.1, -0.05) is 0 Å². The van der Waals surface area contributed by atoms with E-state index in [1.165, 1.54) is 0 Å². The number of carbonyl (C=O) groups is 2. The van der Waals surface area contributed by atoms with E-state index in [-0.39, 0.29) is 18.8 Å². The van der Waals surface area contributed by atoms with Crippen LogP contribution in [0.5, 0.6) is 0 Å². The summed E-state index contributed by atoms with van der Waals surface area (Å²) in [5.41, 5.74) is 6.91. The first-order chi connectivity index (χ1) is 6.06. The van der Waals surface area contributed by atoms with Crippen molar-refractivity contribution in [2.75, 3.05) is 0 Å². The van der Waals surface area contributed by atoms with Gasteiger partial charge in [-0.05, 0) is 0 Å². The molecule has 8 heteroatoms. The van der Waals surface area contributed by atoms with Crippen molar-refractivity contribution < 1.29 is 19.5 Å². The van der Waals surface area contributed by atoms with Gasteiger partial charge in [0.2, 0.25) is 5.96 Å². The number of rotatable bonds is 3. The number of nitrogens with two attached hydrogens (primary N) is 2. The lowest BCUT2D eigenvalue weighted by atomic mass is 10.3. The molecular weight excluding hydrogens is 180 g/mol. The molecule has 0 aliphatic rings. The standard InChI is InChI=1S/C5H10N4O4/c6-5(8-7)9-13-4(12)2-1-3(10)11/h1-2,7H2,(H,10,11)(H3,6,8,9). The Bertz CT molecular complexity index is 227. The molecule has 0 aromatic rings. The van der Waals surface area contributed by atoms with Gasteiger partial charge in [0.25, 0.3) is 0 Å². The molecule has 0 saturated carbocycles. The van der Waals surface area contributed by atoms with Crippen LogP contribution in [0.4, 0.5) is 0 Å². The van der Waals surface area contributed by atoms with Crippen molar-refractivity contribution >= 4 is 17.9 Å². The molecule has 6 N–H and O–H groups in total. The smallest absolute Gasteiger partial charge is 0.332 e. The molecular formula is C5H10N4O4. The molecule has 0 saturated heterocycles. The average molecular weight is 190 g/mol. The van der Waals surface area contributed by atoms with Gasteiger partial charge < -0.3 is 21.5 Å². The summed E-state index contributed by atoms with van der Waals surface area (Å²) in [6, 6.07) is 0. The summed E-state index contributed by atoms with van der Waals surface area (Å²) in [4.78, 5) is 24.9. The van der Waals surface area contributed by atoms with Gasteiger partial charge in [-0.25, -0.2) is 4.79 Å². The molecule has 74 valence electrons. The van der Waals surface area contributed by atoms with Crippen LogP contribution in [0.3, 0.4) is 0 Å². The third-order valence-corrected chi connectivity index (χ3v) is 0.952. The maximum Gasteiger partial charge on any atom is 0.332 e. The van der Waals surface area contributed by atoms with E-state index in [0.29, 0.717) is 0 Å². The van der Waals surface area contributed by atoms with Crippen molar-refractivity contribution in [1.82, 2.24) is 5.48 Å². The first-order valence-corrected chi connectivity index (χ1v) is 3.27. The van der Waals surface area contributed by atoms with Crippen molar-refractivity contribution in [2.45, 2.75) is 12.8 Å². The largest absolute Gasteiger partial charge is 0.481 e. The monoisotopic (exact) mass is 190 g/mol. The lowest BCUT2D eigenvalue weighted by Gasteiger charge is -2.03. The first-order valence-electron chi connectivity index (χ1n) is 3.27. The SMILES string of the molecule is NN=C(N)NOC(=O)CCC(=O)O. The second kappa shape index (κ2) is 5.63. The van der Waals surface area contributed by atoms with Crippen molar-refractivity contribution in [2.24, 2.45) is 16.7 Å². The number of hydrogen-bond acceptors (Lipinski definition) is 5. The highest BCUT2D eigenvalue weighted by Crippen LogP contribution is 1.90. The quantitative estimate of drug-likeness (QED) is 0.176. The third-order valence-electron chi connectivity index (χ3n) is 0.952. The van der Waals surface area contributed by atoms with Crippen LogP contribution in [-0.2, 0) is 14.4 Å². The summed E-state index contributed by atoms with van der Waals surface area (Å²) in [6.45, 7) is 0. The molecule has 0 aromatic heterocycles. The molecule has 0 rings (SSSR count). The molecule has 0 bridgehead atoms. The van der Waals surface area contributed by atoms with E-state index >= 15 is 0 Å². The predicted octanol–water partition coefficient (Wildman–Crippen LogP) is -1.91. The Balaban J connectivity index is 3.58. The van der Waals surface area contributed by atoms with Crippen LogP contribution < -0.4 is 17.1 Å². The zero-order valence-corrected chi connectivity index (χ0v) is 6.69. The molecule has 13 heavy (non-hydrogen) atoms. The maximum atomic E-state index is 10.7. The molecule has 0 radical (unpaired) electrons. The molecule has 0 heterocycles. The second-order valence-corrected chi connectivity index (χ2v) is 1.98. The Morgan fingerprint density at radius 1 is 1.46 bits per heavy atom. The molecule has 0 amide bonds. The molecule has 8 nitrogen and oxygen atoms in total. The lowest BCUT2D eigenvalue weighted by Crippen LogP contribution is -2.34. The minimum Gasteiger partial charge on any atom is -0.481 e. The number of aliphatic carboxylic acids is 1. The van der Waals surface area contributed by atoms with Crippen LogP contribution in [-0.4, -0.2) is 23.0 Å². The molecule has 0 unspecified atom stereocenters. The fraction of sp³-hybridized carbons (Fsp3) is 0.400. The van der Waals surface area contributed by atoms with Gasteiger partial charge in [-0.15, -0.1) is 5.10 Å². The number of hydrazone groups is 1. The molecule has 0 aromatic carbocycles. The van der Waals surface area contributed by atoms with Gasteiger partial charge in [0.05, 0.1) is 12.8 Å². The maximum absolute atomic E-state index is 10.7. The normalized spacial score (nSPS) is 10.6. The van der Waals surface area contributed by atoms with E-state index in [4.69, 9.17) is 16.7 Å². The Hall–Kier alpha value is -1.99. The number of carbonyl (C=O) groups excluding carboxylic acids is 1. The topological polar surface area (TPSA) is 140 Å². The number of carboxylic acid groups (broad SMARTS) is 1. The minimum absolute atomic E-state index is 0.250. The van der Waals surface area contributed by atoms with Gasteiger partial charge in [-0.2, -0.15) is 5.48 Å². The van der Waals surface area contributed by atoms with E-state index in [0.717, 1.165) is 0 Å². The number of hydrogen-bond donors (Lipinski definition) is 4. The Morgan fingerprint density at radius 2 is 2.08 bits per heavy atom. The fourth-order valence-electron chi connectivity index (χ4n) is 0.396. The van der Waals surface area contributed by atoms with Crippen LogP contribution in [0.25, 0.3) is 0 Å². The lowest BCUT2D eigenvalue weighted by molar-refractivity contribution is -0.151. The summed E-state index contributed by atoms with van der Waals surface area (Å²) < 4.78 is 0. The molecule has 0 fully saturated rings. The number of nitrogens with zero attached hydrogens (tertiary/aromatic N) is 1. The minimum atomic E-state index is -1.09. The predicted molar refractivity (Wildman–Crippen MR) is 41.9 cm³/mol. The van der Waals surface area contributed by atoms with Gasteiger partial charge >= 0.3 is 11.9 Å². The number of nitrogens with one attached hydrogen (secondary N) is 1. The molecule has 0 atom stereocenters. The van der Waals surface area contributed by atoms with Crippen LogP contribution in [0, 0.1) is 0 Å². The van der Waals surface area contributed by atoms with Crippen LogP contribution >= 0.6 is 0 Å². The number of carboxylic acids is 1. The number of guanidine groups is 1. The van der Waals surface area contributed by atoms with E-state index in [2.05, 4.69) is 9.94 Å². The van der Waals surface area contributed by atoms with Gasteiger partial charge in [0.15, 0.2) is 0 Å². The molecule has 0 aliphatic carbocycles. The average Bonchev–Trinajstić information content (AvgIpc) is 2.10. The van der Waals surface area contributed by atoms with Crippen molar-refractivity contribution in [3.8, 4) is 0 Å². The van der Waals surface area contributed by atoms with Crippen molar-refractivity contribution in [3.05, 3.63) is 0 Å². The number of hydroxylamine groups is 1. The Kier molecular flexibility index (Phi) is 4.77.